The first-order valence-corrected chi connectivity index (χ1v) is 14.8. The molecule has 3 aromatic heterocycles. The summed E-state index contributed by atoms with van der Waals surface area (Å²) in [5.41, 5.74) is 1.12. The molecule has 5 heterocycles. The van der Waals surface area contributed by atoms with E-state index < -0.39 is 17.3 Å². The summed E-state index contributed by atoms with van der Waals surface area (Å²) in [6, 6.07) is 8.95. The Morgan fingerprint density at radius 3 is 2.64 bits per heavy atom. The van der Waals surface area contributed by atoms with Crippen LogP contribution < -0.4 is 5.32 Å². The van der Waals surface area contributed by atoms with Gasteiger partial charge in [-0.25, -0.2) is 14.5 Å². The number of carbonyl (C=O) groups excluding carboxylic acids is 1. The van der Waals surface area contributed by atoms with Crippen molar-refractivity contribution in [2.24, 2.45) is 0 Å². The first kappa shape index (κ1) is 28.4. The van der Waals surface area contributed by atoms with Crippen molar-refractivity contribution in [2.75, 3.05) is 25.0 Å². The van der Waals surface area contributed by atoms with Crippen LogP contribution in [0.3, 0.4) is 0 Å². The predicted octanol–water partition coefficient (Wildman–Crippen LogP) is 4.40. The number of carbonyl (C=O) groups is 1. The molecular formula is C31H31F3N7O3+. The number of aromatic nitrogens is 4. The molecule has 0 bridgehead atoms. The van der Waals surface area contributed by atoms with Gasteiger partial charge in [0.1, 0.15) is 18.2 Å². The number of likely N-dealkylation sites (tertiary alicyclic amines) is 1. The minimum absolute atomic E-state index is 0.00501. The normalized spacial score (nSPS) is 23.8. The van der Waals surface area contributed by atoms with Crippen LogP contribution in [-0.4, -0.2) is 78.0 Å². The second kappa shape index (κ2) is 11.0. The Hall–Kier alpha value is -4.39. The van der Waals surface area contributed by atoms with Crippen LogP contribution in [-0.2, 0) is 16.6 Å². The molecule has 1 aliphatic carbocycles. The minimum Gasteiger partial charge on any atom is -0.384 e. The van der Waals surface area contributed by atoms with Gasteiger partial charge in [0, 0.05) is 56.4 Å². The summed E-state index contributed by atoms with van der Waals surface area (Å²) < 4.78 is 47.1. The van der Waals surface area contributed by atoms with Crippen molar-refractivity contribution in [2.45, 2.75) is 62.4 Å². The Kier molecular flexibility index (Phi) is 7.07. The average Bonchev–Trinajstić information content (AvgIpc) is 3.76. The lowest BCUT2D eigenvalue weighted by Gasteiger charge is -2.34. The largest absolute Gasteiger partial charge is 0.416 e. The third-order valence-corrected chi connectivity index (χ3v) is 9.19. The van der Waals surface area contributed by atoms with E-state index in [0.717, 1.165) is 49.9 Å². The van der Waals surface area contributed by atoms with Crippen LogP contribution >= 0.6 is 0 Å². The second-order valence-electron chi connectivity index (χ2n) is 11.7. The van der Waals surface area contributed by atoms with Gasteiger partial charge in [0.05, 0.1) is 23.2 Å². The number of rotatable bonds is 6. The Bertz CT molecular complexity index is 1720. The lowest BCUT2D eigenvalue weighted by atomic mass is 9.79. The summed E-state index contributed by atoms with van der Waals surface area (Å²) in [4.78, 5) is 28.2. The third-order valence-electron chi connectivity index (χ3n) is 9.19. The molecule has 4 aromatic rings. The lowest BCUT2D eigenvalue weighted by molar-refractivity contribution is -0.565. The van der Waals surface area contributed by atoms with E-state index in [9.17, 15) is 23.1 Å². The van der Waals surface area contributed by atoms with Crippen LogP contribution in [0.4, 0.5) is 19.0 Å². The topological polar surface area (TPSA) is 120 Å². The van der Waals surface area contributed by atoms with Crippen molar-refractivity contribution in [3.63, 3.8) is 0 Å². The molecule has 1 aromatic carbocycles. The zero-order chi connectivity index (χ0) is 30.5. The highest BCUT2D eigenvalue weighted by Gasteiger charge is 2.48. The third kappa shape index (κ3) is 5.18. The fourth-order valence-electron chi connectivity index (χ4n) is 6.92. The zero-order valence-corrected chi connectivity index (χ0v) is 23.8. The van der Waals surface area contributed by atoms with Crippen LogP contribution in [0.2, 0.25) is 0 Å². The highest BCUT2D eigenvalue weighted by molar-refractivity contribution is 5.96. The van der Waals surface area contributed by atoms with E-state index >= 15 is 0 Å². The molecule has 0 radical (unpaired) electrons. The van der Waals surface area contributed by atoms with Gasteiger partial charge in [-0.15, -0.1) is 0 Å². The van der Waals surface area contributed by atoms with E-state index in [-0.39, 0.29) is 41.3 Å². The Labute approximate surface area is 250 Å². The van der Waals surface area contributed by atoms with Crippen LogP contribution in [0.1, 0.15) is 49.8 Å². The van der Waals surface area contributed by atoms with Gasteiger partial charge in [-0.3, -0.25) is 9.78 Å². The molecule has 7 rings (SSSR count). The highest BCUT2D eigenvalue weighted by atomic mass is 19.4. The summed E-state index contributed by atoms with van der Waals surface area (Å²) in [5, 5.41) is 18.4. The minimum atomic E-state index is -4.49. The summed E-state index contributed by atoms with van der Waals surface area (Å²) in [5.74, 6) is 0.570. The molecule has 2 aliphatic heterocycles. The molecule has 44 heavy (non-hydrogen) atoms. The number of nitrogens with one attached hydrogen (secondary N) is 1. The molecule has 3 aliphatic rings. The van der Waals surface area contributed by atoms with Crippen LogP contribution in [0, 0.1) is 0 Å². The molecular weight excluding hydrogens is 575 g/mol. The molecule has 13 heteroatoms. The predicted molar refractivity (Wildman–Crippen MR) is 154 cm³/mol. The van der Waals surface area contributed by atoms with E-state index in [1.54, 1.807) is 24.7 Å². The summed E-state index contributed by atoms with van der Waals surface area (Å²) in [6.45, 7) is 1.34. The summed E-state index contributed by atoms with van der Waals surface area (Å²) in [6.07, 6.45) is 4.99. The average molecular weight is 607 g/mol. The van der Waals surface area contributed by atoms with E-state index in [4.69, 9.17) is 4.52 Å². The number of nitrogens with zero attached hydrogens (tertiary/aromatic N) is 6. The molecule has 0 spiro atoms. The van der Waals surface area contributed by atoms with E-state index in [1.807, 2.05) is 17.0 Å². The lowest BCUT2D eigenvalue weighted by Crippen LogP contribution is -2.41. The fourth-order valence-corrected chi connectivity index (χ4v) is 6.92. The number of halogens is 3. The summed E-state index contributed by atoms with van der Waals surface area (Å²) >= 11 is 0. The molecule has 1 saturated carbocycles. The maximum absolute atomic E-state index is 13.2. The van der Waals surface area contributed by atoms with Crippen LogP contribution in [0.25, 0.3) is 22.4 Å². The smallest absolute Gasteiger partial charge is 0.384 e. The SMILES string of the molecule is O=C(CNc1noc2ccc(C(F)(F)F)cc12)N1CCC2=[N+](C3CCC(O)(c4ccc(-c5ncccn5)cn4)CC3)CC[C@H]21. The van der Waals surface area contributed by atoms with Crippen molar-refractivity contribution in [3.8, 4) is 11.4 Å². The number of amides is 1. The van der Waals surface area contributed by atoms with Gasteiger partial charge in [0.2, 0.25) is 5.91 Å². The second-order valence-corrected chi connectivity index (χ2v) is 11.7. The number of alkyl halides is 3. The molecule has 1 amide bonds. The van der Waals surface area contributed by atoms with Gasteiger partial charge >= 0.3 is 6.18 Å². The van der Waals surface area contributed by atoms with E-state index in [2.05, 4.69) is 30.0 Å². The quantitative estimate of drug-likeness (QED) is 0.310. The molecule has 228 valence electrons. The van der Waals surface area contributed by atoms with Crippen LogP contribution in [0.5, 0.6) is 0 Å². The number of anilines is 1. The molecule has 1 atom stereocenters. The molecule has 2 N–H and O–H groups in total. The van der Waals surface area contributed by atoms with E-state index in [1.165, 1.54) is 11.8 Å². The Morgan fingerprint density at radius 2 is 1.91 bits per heavy atom. The standard InChI is InChI=1S/C31H31F3N7O3/c32-31(33,34)20-3-4-25-22(16-20)29(39-44-25)38-18-27(42)41-15-9-23-24(41)8-14-40(23)21-6-10-30(43,11-7-21)26-5-2-19(17-37-26)28-35-12-1-13-36-28/h1-5,12-13,16-17,21,24,43H,6-11,14-15,18H2,(H,38,39)/q+1/t21?,24-,30?/m1/s1. The maximum atomic E-state index is 13.2. The van der Waals surface area contributed by atoms with Crippen molar-refractivity contribution < 1.29 is 32.2 Å². The number of aliphatic hydroxyl groups is 1. The van der Waals surface area contributed by atoms with Gasteiger partial charge in [0.15, 0.2) is 29.0 Å². The number of hydrogen-bond acceptors (Lipinski definition) is 8. The Balaban J connectivity index is 0.978. The maximum Gasteiger partial charge on any atom is 0.416 e. The van der Waals surface area contributed by atoms with Crippen molar-refractivity contribution in [1.82, 2.24) is 25.0 Å². The fraction of sp³-hybridized carbons (Fsp3) is 0.419. The van der Waals surface area contributed by atoms with Crippen molar-refractivity contribution in [3.05, 3.63) is 66.2 Å². The number of benzene rings is 1. The van der Waals surface area contributed by atoms with Gasteiger partial charge in [0.25, 0.3) is 0 Å². The van der Waals surface area contributed by atoms with Crippen molar-refractivity contribution >= 4 is 28.4 Å². The molecule has 10 nitrogen and oxygen atoms in total. The number of hydrogen-bond donors (Lipinski definition) is 2. The Morgan fingerprint density at radius 1 is 1.11 bits per heavy atom. The van der Waals surface area contributed by atoms with Gasteiger partial charge < -0.3 is 19.8 Å². The van der Waals surface area contributed by atoms with Gasteiger partial charge in [-0.2, -0.15) is 13.2 Å². The monoisotopic (exact) mass is 606 g/mol. The summed E-state index contributed by atoms with van der Waals surface area (Å²) in [7, 11) is 0. The first-order valence-electron chi connectivity index (χ1n) is 14.8. The molecule has 1 saturated heterocycles. The van der Waals surface area contributed by atoms with Gasteiger partial charge in [-0.05, 0) is 49.2 Å². The molecule has 0 unspecified atom stereocenters. The first-order chi connectivity index (χ1) is 21.2. The number of fused-ring (bicyclic) bond motifs is 2. The van der Waals surface area contributed by atoms with E-state index in [0.29, 0.717) is 30.9 Å². The number of pyridine rings is 1. The molecule has 2 fully saturated rings. The van der Waals surface area contributed by atoms with Crippen LogP contribution in [0.15, 0.2) is 59.5 Å². The highest BCUT2D eigenvalue weighted by Crippen LogP contribution is 2.39. The zero-order valence-electron chi connectivity index (χ0n) is 23.8. The van der Waals surface area contributed by atoms with Gasteiger partial charge in [-0.1, -0.05) is 5.16 Å². The van der Waals surface area contributed by atoms with Crippen molar-refractivity contribution in [1.29, 1.82) is 0 Å².